The molecule has 122 valence electrons. The first-order valence-corrected chi connectivity index (χ1v) is 8.80. The molecule has 0 fully saturated rings. The summed E-state index contributed by atoms with van der Waals surface area (Å²) < 4.78 is 7.39. The van der Waals surface area contributed by atoms with Gasteiger partial charge in [-0.05, 0) is 46.3 Å². The topological polar surface area (TPSA) is 69.9 Å². The summed E-state index contributed by atoms with van der Waals surface area (Å²) >= 11 is 5.07. The molecule has 0 bridgehead atoms. The molecule has 0 N–H and O–H groups in total. The van der Waals surface area contributed by atoms with E-state index in [4.69, 9.17) is 4.74 Å². The molecular weight excluding hydrogens is 392 g/mol. The lowest BCUT2D eigenvalue weighted by Crippen LogP contribution is -2.03. The van der Waals surface area contributed by atoms with Crippen LogP contribution in [0.15, 0.2) is 58.2 Å². The molecule has 3 aromatic rings. The van der Waals surface area contributed by atoms with E-state index in [1.165, 1.54) is 18.9 Å². The molecule has 3 rings (SSSR count). The quantitative estimate of drug-likeness (QED) is 0.478. The molecule has 1 aromatic heterocycles. The van der Waals surface area contributed by atoms with Crippen molar-refractivity contribution in [3.05, 3.63) is 64.1 Å². The molecule has 0 saturated carbocycles. The van der Waals surface area contributed by atoms with Gasteiger partial charge in [0.05, 0.1) is 18.4 Å². The van der Waals surface area contributed by atoms with Crippen molar-refractivity contribution in [3.8, 4) is 5.69 Å². The third-order valence-corrected chi connectivity index (χ3v) is 5.03. The number of carbonyl (C=O) groups excluding carboxylic acids is 1. The van der Waals surface area contributed by atoms with E-state index in [-0.39, 0.29) is 5.97 Å². The zero-order chi connectivity index (χ0) is 16.9. The van der Waals surface area contributed by atoms with Crippen molar-refractivity contribution in [1.82, 2.24) is 20.2 Å². The van der Waals surface area contributed by atoms with Crippen molar-refractivity contribution in [3.63, 3.8) is 0 Å². The first-order valence-electron chi connectivity index (χ1n) is 7.02. The van der Waals surface area contributed by atoms with Crippen LogP contribution in [0.4, 0.5) is 0 Å². The molecule has 2 aromatic carbocycles. The molecule has 0 aliphatic heterocycles. The molecule has 0 spiro atoms. The third kappa shape index (κ3) is 3.65. The minimum absolute atomic E-state index is 0.373. The van der Waals surface area contributed by atoms with Crippen molar-refractivity contribution >= 4 is 33.7 Å². The summed E-state index contributed by atoms with van der Waals surface area (Å²) in [6.07, 6.45) is 0. The zero-order valence-corrected chi connectivity index (χ0v) is 15.1. The summed E-state index contributed by atoms with van der Waals surface area (Å²) in [7, 11) is 1.36. The molecule has 0 amide bonds. The average molecular weight is 405 g/mol. The van der Waals surface area contributed by atoms with Gasteiger partial charge in [-0.2, -0.15) is 4.68 Å². The van der Waals surface area contributed by atoms with Crippen molar-refractivity contribution < 1.29 is 9.53 Å². The fourth-order valence-corrected chi connectivity index (χ4v) is 3.55. The number of rotatable bonds is 5. The number of esters is 1. The number of hydrogen-bond acceptors (Lipinski definition) is 6. The zero-order valence-electron chi connectivity index (χ0n) is 12.7. The number of ether oxygens (including phenoxy) is 1. The Bertz CT molecular complexity index is 851. The van der Waals surface area contributed by atoms with Crippen LogP contribution in [0.25, 0.3) is 5.69 Å². The number of thioether (sulfide) groups is 1. The first kappa shape index (κ1) is 16.7. The number of tetrazole rings is 1. The summed E-state index contributed by atoms with van der Waals surface area (Å²) in [5, 5.41) is 12.5. The van der Waals surface area contributed by atoms with Gasteiger partial charge in [0.15, 0.2) is 0 Å². The van der Waals surface area contributed by atoms with Crippen LogP contribution in [0.5, 0.6) is 0 Å². The Balaban J connectivity index is 1.78. The molecule has 0 aliphatic carbocycles. The number of halogens is 1. The van der Waals surface area contributed by atoms with Gasteiger partial charge >= 0.3 is 5.97 Å². The Kier molecular flexibility index (Phi) is 5.27. The van der Waals surface area contributed by atoms with Crippen LogP contribution >= 0.6 is 27.7 Å². The highest BCUT2D eigenvalue weighted by Gasteiger charge is 2.11. The van der Waals surface area contributed by atoms with E-state index in [1.54, 1.807) is 28.9 Å². The van der Waals surface area contributed by atoms with Gasteiger partial charge in [0, 0.05) is 10.2 Å². The van der Waals surface area contributed by atoms with Crippen molar-refractivity contribution in [2.45, 2.75) is 10.9 Å². The minimum atomic E-state index is -0.373. The SMILES string of the molecule is COC(=O)c1ccc(-n2nnnc2SCc2ccccc2Br)cc1. The number of benzene rings is 2. The van der Waals surface area contributed by atoms with Crippen LogP contribution in [0.2, 0.25) is 0 Å². The van der Waals surface area contributed by atoms with E-state index in [2.05, 4.69) is 37.5 Å². The highest BCUT2D eigenvalue weighted by atomic mass is 79.9. The Morgan fingerprint density at radius 3 is 2.67 bits per heavy atom. The molecule has 1 heterocycles. The smallest absolute Gasteiger partial charge is 0.337 e. The van der Waals surface area contributed by atoms with Gasteiger partial charge in [0.25, 0.3) is 0 Å². The van der Waals surface area contributed by atoms with E-state index < -0.39 is 0 Å². The first-order chi connectivity index (χ1) is 11.7. The summed E-state index contributed by atoms with van der Waals surface area (Å²) in [4.78, 5) is 11.5. The summed E-state index contributed by atoms with van der Waals surface area (Å²) in [5.74, 6) is 0.365. The normalized spacial score (nSPS) is 10.6. The van der Waals surface area contributed by atoms with Crippen molar-refractivity contribution in [2.75, 3.05) is 7.11 Å². The number of nitrogens with zero attached hydrogens (tertiary/aromatic N) is 4. The molecule has 0 radical (unpaired) electrons. The standard InChI is InChI=1S/C16H13BrN4O2S/c1-23-15(22)11-6-8-13(9-7-11)21-16(18-19-20-21)24-10-12-4-2-3-5-14(12)17/h2-9H,10H2,1H3. The van der Waals surface area contributed by atoms with Gasteiger partial charge in [0.2, 0.25) is 5.16 Å². The number of carbonyl (C=O) groups is 1. The predicted molar refractivity (Wildman–Crippen MR) is 94.2 cm³/mol. The van der Waals surface area contributed by atoms with Crippen LogP contribution in [0.3, 0.4) is 0 Å². The second-order valence-electron chi connectivity index (χ2n) is 4.79. The van der Waals surface area contributed by atoms with Gasteiger partial charge in [-0.25, -0.2) is 4.79 Å². The fourth-order valence-electron chi connectivity index (χ4n) is 2.05. The molecule has 6 nitrogen and oxygen atoms in total. The lowest BCUT2D eigenvalue weighted by Gasteiger charge is -2.06. The monoisotopic (exact) mass is 404 g/mol. The second kappa shape index (κ2) is 7.59. The third-order valence-electron chi connectivity index (χ3n) is 3.29. The van der Waals surface area contributed by atoms with E-state index in [0.29, 0.717) is 10.7 Å². The maximum Gasteiger partial charge on any atom is 0.337 e. The second-order valence-corrected chi connectivity index (χ2v) is 6.59. The molecule has 24 heavy (non-hydrogen) atoms. The number of aromatic nitrogens is 4. The molecular formula is C16H13BrN4O2S. The van der Waals surface area contributed by atoms with Gasteiger partial charge < -0.3 is 4.74 Å². The predicted octanol–water partition coefficient (Wildman–Crippen LogP) is 3.50. The minimum Gasteiger partial charge on any atom is -0.465 e. The highest BCUT2D eigenvalue weighted by Crippen LogP contribution is 2.26. The maximum atomic E-state index is 11.5. The molecule has 8 heteroatoms. The Labute approximate surface area is 151 Å². The van der Waals surface area contributed by atoms with E-state index in [0.717, 1.165) is 21.5 Å². The van der Waals surface area contributed by atoms with Gasteiger partial charge in [-0.15, -0.1) is 5.10 Å². The van der Waals surface area contributed by atoms with Crippen LogP contribution in [0.1, 0.15) is 15.9 Å². The lowest BCUT2D eigenvalue weighted by molar-refractivity contribution is 0.0600. The summed E-state index contributed by atoms with van der Waals surface area (Å²) in [6.45, 7) is 0. The Morgan fingerprint density at radius 1 is 1.21 bits per heavy atom. The van der Waals surface area contributed by atoms with Gasteiger partial charge in [-0.1, -0.05) is 45.9 Å². The maximum absolute atomic E-state index is 11.5. The van der Waals surface area contributed by atoms with E-state index in [1.807, 2.05) is 18.2 Å². The van der Waals surface area contributed by atoms with Crippen LogP contribution < -0.4 is 0 Å². The number of hydrogen-bond donors (Lipinski definition) is 0. The van der Waals surface area contributed by atoms with Crippen molar-refractivity contribution in [1.29, 1.82) is 0 Å². The average Bonchev–Trinajstić information content (AvgIpc) is 3.09. The summed E-state index contributed by atoms with van der Waals surface area (Å²) in [5.41, 5.74) is 2.43. The van der Waals surface area contributed by atoms with Crippen LogP contribution in [-0.4, -0.2) is 33.3 Å². The lowest BCUT2D eigenvalue weighted by atomic mass is 10.2. The number of methoxy groups -OCH3 is 1. The van der Waals surface area contributed by atoms with Crippen LogP contribution in [0, 0.1) is 0 Å². The van der Waals surface area contributed by atoms with Crippen molar-refractivity contribution in [2.24, 2.45) is 0 Å². The van der Waals surface area contributed by atoms with Gasteiger partial charge in [-0.3, -0.25) is 0 Å². The molecule has 0 unspecified atom stereocenters. The van der Waals surface area contributed by atoms with Crippen LogP contribution in [-0.2, 0) is 10.5 Å². The van der Waals surface area contributed by atoms with Gasteiger partial charge in [0.1, 0.15) is 0 Å². The summed E-state index contributed by atoms with van der Waals surface area (Å²) in [6, 6.07) is 15.0. The molecule has 0 atom stereocenters. The van der Waals surface area contributed by atoms with E-state index in [9.17, 15) is 4.79 Å². The highest BCUT2D eigenvalue weighted by molar-refractivity contribution is 9.10. The Morgan fingerprint density at radius 2 is 1.96 bits per heavy atom. The van der Waals surface area contributed by atoms with E-state index >= 15 is 0 Å². The largest absolute Gasteiger partial charge is 0.465 e. The Hall–Kier alpha value is -2.19. The fraction of sp³-hybridized carbons (Fsp3) is 0.125. The molecule has 0 saturated heterocycles. The molecule has 0 aliphatic rings.